The van der Waals surface area contributed by atoms with Gasteiger partial charge in [-0.3, -0.25) is 19.3 Å². The lowest BCUT2D eigenvalue weighted by Crippen LogP contribution is -3.12. The van der Waals surface area contributed by atoms with Gasteiger partial charge in [-0.05, 0) is 30.8 Å². The average molecular weight is 436 g/mol. The number of aromatic nitrogens is 2. The lowest BCUT2D eigenvalue weighted by Gasteiger charge is -2.27. The number of piperidine rings is 1. The summed E-state index contributed by atoms with van der Waals surface area (Å²) in [4.78, 5) is 21.3. The molecule has 1 saturated heterocycles. The molecule has 1 aliphatic heterocycles. The van der Waals surface area contributed by atoms with E-state index in [1.807, 2.05) is 37.3 Å². The second-order valence-electron chi connectivity index (χ2n) is 8.04. The number of aromatic hydroxyl groups is 1. The Hall–Kier alpha value is -3.03. The van der Waals surface area contributed by atoms with Crippen LogP contribution < -0.4 is 10.5 Å². The van der Waals surface area contributed by atoms with Gasteiger partial charge in [-0.1, -0.05) is 48.5 Å². The van der Waals surface area contributed by atoms with Crippen molar-refractivity contribution in [2.45, 2.75) is 32.4 Å². The van der Waals surface area contributed by atoms with E-state index in [-0.39, 0.29) is 22.3 Å². The highest BCUT2D eigenvalue weighted by molar-refractivity contribution is 7.71. The summed E-state index contributed by atoms with van der Waals surface area (Å²) in [6.45, 7) is 5.02. The Morgan fingerprint density at radius 1 is 1.16 bits per heavy atom. The number of aryl methyl sites for hydroxylation is 1. The van der Waals surface area contributed by atoms with E-state index >= 15 is 0 Å². The van der Waals surface area contributed by atoms with Crippen molar-refractivity contribution in [3.8, 4) is 11.6 Å². The normalized spacial score (nSPS) is 19.0. The number of H-pyrrole nitrogens is 1. The van der Waals surface area contributed by atoms with Crippen molar-refractivity contribution in [2.75, 3.05) is 13.1 Å². The molecule has 4 rings (SSSR count). The summed E-state index contributed by atoms with van der Waals surface area (Å²) in [5.74, 6) is -0.182. The van der Waals surface area contributed by atoms with E-state index in [4.69, 9.17) is 12.2 Å². The number of para-hydroxylation sites is 1. The Morgan fingerprint density at radius 2 is 1.84 bits per heavy atom. The minimum absolute atomic E-state index is 0.135. The zero-order valence-electron chi connectivity index (χ0n) is 17.5. The molecule has 2 heterocycles. The summed E-state index contributed by atoms with van der Waals surface area (Å²) in [5, 5.41) is 10.8. The van der Waals surface area contributed by atoms with Gasteiger partial charge in [-0.2, -0.15) is 0 Å². The Bertz CT molecular complexity index is 1190. The van der Waals surface area contributed by atoms with Crippen LogP contribution in [0.2, 0.25) is 0 Å². The van der Waals surface area contributed by atoms with Gasteiger partial charge >= 0.3 is 0 Å². The molecule has 0 amide bonds. The molecule has 3 N–H and O–H groups in total. The van der Waals surface area contributed by atoms with E-state index in [9.17, 15) is 9.90 Å². The monoisotopic (exact) mass is 435 g/mol. The Morgan fingerprint density at radius 3 is 2.55 bits per heavy atom. The van der Waals surface area contributed by atoms with Crippen LogP contribution in [0.15, 0.2) is 64.4 Å². The third kappa shape index (κ3) is 4.84. The minimum Gasteiger partial charge on any atom is -0.494 e. The van der Waals surface area contributed by atoms with Gasteiger partial charge in [0, 0.05) is 24.6 Å². The van der Waals surface area contributed by atoms with Gasteiger partial charge in [-0.15, -0.1) is 0 Å². The third-order valence-electron chi connectivity index (χ3n) is 5.85. The van der Waals surface area contributed by atoms with Gasteiger partial charge in [0.25, 0.3) is 5.56 Å². The van der Waals surface area contributed by atoms with E-state index in [0.29, 0.717) is 0 Å². The molecule has 31 heavy (non-hydrogen) atoms. The molecule has 0 unspecified atom stereocenters. The maximum absolute atomic E-state index is 12.5. The van der Waals surface area contributed by atoms with Crippen molar-refractivity contribution in [2.24, 2.45) is 4.99 Å². The number of nitrogens with zero attached hydrogens (tertiary/aromatic N) is 2. The highest BCUT2D eigenvalue weighted by atomic mass is 32.1. The number of benzene rings is 2. The van der Waals surface area contributed by atoms with E-state index in [2.05, 4.69) is 34.2 Å². The summed E-state index contributed by atoms with van der Waals surface area (Å²) in [6.07, 6.45) is 3.41. The lowest BCUT2D eigenvalue weighted by atomic mass is 10.0. The first-order valence-electron chi connectivity index (χ1n) is 10.6. The number of quaternary nitrogens is 1. The number of aliphatic imine (C=N–C) groups is 1. The maximum atomic E-state index is 12.5. The summed E-state index contributed by atoms with van der Waals surface area (Å²) in [7, 11) is 0. The van der Waals surface area contributed by atoms with Crippen molar-refractivity contribution in [3.63, 3.8) is 0 Å². The smallest absolute Gasteiger partial charge is 0.264 e. The van der Waals surface area contributed by atoms with E-state index in [1.165, 1.54) is 16.3 Å². The van der Waals surface area contributed by atoms with Crippen LogP contribution in [0.25, 0.3) is 5.69 Å². The molecule has 1 aromatic heterocycles. The van der Waals surface area contributed by atoms with Crippen LogP contribution >= 0.6 is 12.2 Å². The quantitative estimate of drug-likeness (QED) is 0.426. The average Bonchev–Trinajstić information content (AvgIpc) is 2.76. The number of hydrogen-bond donors (Lipinski definition) is 3. The minimum atomic E-state index is -0.428. The fourth-order valence-corrected chi connectivity index (χ4v) is 4.37. The van der Waals surface area contributed by atoms with E-state index in [0.717, 1.165) is 43.7 Å². The fraction of sp³-hybridized carbons (Fsp3) is 0.292. The summed E-state index contributed by atoms with van der Waals surface area (Å²) >= 11 is 5.30. The standard InChI is InChI=1S/C24H26N4O2S/c1-17-7-5-6-10-21(17)28-23(30)20(22(29)26-24(28)31)15-25-19-11-13-27(14-12-19)16-18-8-3-2-4-9-18/h2-10,15,19,30H,11-14,16H2,1H3,(H,26,29,31)/p+1. The molecule has 0 spiro atoms. The number of nitrogens with one attached hydrogen (secondary N) is 2. The van der Waals surface area contributed by atoms with E-state index < -0.39 is 5.56 Å². The molecule has 160 valence electrons. The van der Waals surface area contributed by atoms with Crippen LogP contribution in [-0.2, 0) is 6.54 Å². The van der Waals surface area contributed by atoms with Gasteiger partial charge in [0.1, 0.15) is 12.1 Å². The molecule has 3 aromatic rings. The van der Waals surface area contributed by atoms with Crippen LogP contribution in [0.1, 0.15) is 29.5 Å². The first-order chi connectivity index (χ1) is 15.0. The fourth-order valence-electron chi connectivity index (χ4n) is 4.09. The van der Waals surface area contributed by atoms with Gasteiger partial charge in [0.2, 0.25) is 5.88 Å². The highest BCUT2D eigenvalue weighted by Crippen LogP contribution is 2.21. The molecule has 0 radical (unpaired) electrons. The SMILES string of the molecule is Cc1ccccc1-n1c(O)c(C=NC2CC[NH+](Cc3ccccc3)CC2)c(=O)[nH]c1=S. The summed E-state index contributed by atoms with van der Waals surface area (Å²) in [5.41, 5.74) is 2.73. The third-order valence-corrected chi connectivity index (χ3v) is 6.14. The van der Waals surface area contributed by atoms with Crippen LogP contribution in [-0.4, -0.2) is 40.0 Å². The molecule has 0 atom stereocenters. The van der Waals surface area contributed by atoms with Crippen LogP contribution in [0.3, 0.4) is 0 Å². The predicted octanol–water partition coefficient (Wildman–Crippen LogP) is 2.58. The van der Waals surface area contributed by atoms with Gasteiger partial charge in [0.15, 0.2) is 4.77 Å². The van der Waals surface area contributed by atoms with Crippen LogP contribution in [0.4, 0.5) is 0 Å². The number of rotatable bonds is 5. The Kier molecular flexibility index (Phi) is 6.44. The maximum Gasteiger partial charge on any atom is 0.264 e. The first-order valence-corrected chi connectivity index (χ1v) is 11.0. The first kappa shape index (κ1) is 21.2. The Labute approximate surface area is 186 Å². The molecule has 1 aliphatic rings. The second kappa shape index (κ2) is 9.41. The number of likely N-dealkylation sites (tertiary alicyclic amines) is 1. The van der Waals surface area contributed by atoms with Gasteiger partial charge < -0.3 is 10.0 Å². The molecule has 1 fully saturated rings. The predicted molar refractivity (Wildman–Crippen MR) is 125 cm³/mol. The van der Waals surface area contributed by atoms with Gasteiger partial charge in [-0.25, -0.2) is 0 Å². The summed E-state index contributed by atoms with van der Waals surface area (Å²) in [6, 6.07) is 18.2. The van der Waals surface area contributed by atoms with Crippen molar-refractivity contribution in [1.82, 2.24) is 9.55 Å². The summed E-state index contributed by atoms with van der Waals surface area (Å²) < 4.78 is 1.65. The zero-order chi connectivity index (χ0) is 21.8. The molecule has 2 aromatic carbocycles. The molecule has 6 nitrogen and oxygen atoms in total. The molecule has 0 saturated carbocycles. The lowest BCUT2D eigenvalue weighted by molar-refractivity contribution is -0.918. The van der Waals surface area contributed by atoms with Crippen molar-refractivity contribution >= 4 is 18.4 Å². The molecule has 0 aliphatic carbocycles. The topological polar surface area (TPSA) is 74.8 Å². The van der Waals surface area contributed by atoms with Crippen LogP contribution in [0, 0.1) is 11.7 Å². The van der Waals surface area contributed by atoms with Gasteiger partial charge in [0.05, 0.1) is 24.8 Å². The van der Waals surface area contributed by atoms with Crippen LogP contribution in [0.5, 0.6) is 5.88 Å². The van der Waals surface area contributed by atoms with Crippen molar-refractivity contribution < 1.29 is 10.0 Å². The van der Waals surface area contributed by atoms with Crippen molar-refractivity contribution in [3.05, 3.63) is 86.4 Å². The highest BCUT2D eigenvalue weighted by Gasteiger charge is 2.22. The number of aromatic amines is 1. The second-order valence-corrected chi connectivity index (χ2v) is 8.43. The Balaban J connectivity index is 1.50. The van der Waals surface area contributed by atoms with Crippen molar-refractivity contribution in [1.29, 1.82) is 0 Å². The number of hydrogen-bond acceptors (Lipinski definition) is 4. The molecular formula is C24H27N4O2S+. The van der Waals surface area contributed by atoms with E-state index in [1.54, 1.807) is 4.90 Å². The molecule has 0 bridgehead atoms. The largest absolute Gasteiger partial charge is 0.494 e. The molecule has 7 heteroatoms. The zero-order valence-corrected chi connectivity index (χ0v) is 18.4. The molecular weight excluding hydrogens is 408 g/mol.